The molecular formula is C34H46O5Si. The molecule has 1 aliphatic carbocycles. The highest BCUT2D eigenvalue weighted by molar-refractivity contribution is 6.74. The highest BCUT2D eigenvalue weighted by Crippen LogP contribution is 2.42. The van der Waals surface area contributed by atoms with Gasteiger partial charge in [-0.15, -0.1) is 0 Å². The van der Waals surface area contributed by atoms with Gasteiger partial charge in [0.2, 0.25) is 0 Å². The van der Waals surface area contributed by atoms with Crippen molar-refractivity contribution in [2.75, 3.05) is 6.61 Å². The van der Waals surface area contributed by atoms with Crippen LogP contribution in [-0.2, 0) is 38.5 Å². The van der Waals surface area contributed by atoms with E-state index >= 15 is 0 Å². The number of aliphatic hydroxyl groups is 1. The fraction of sp³-hybridized carbons (Fsp3) is 0.471. The van der Waals surface area contributed by atoms with Crippen LogP contribution in [0.15, 0.2) is 91.0 Å². The second-order valence-electron chi connectivity index (χ2n) is 12.4. The summed E-state index contributed by atoms with van der Waals surface area (Å²) in [5.41, 5.74) is 3.27. The molecule has 0 heterocycles. The fourth-order valence-corrected chi connectivity index (χ4v) is 6.35. The summed E-state index contributed by atoms with van der Waals surface area (Å²) in [5, 5.41) is 10.6. The van der Waals surface area contributed by atoms with Gasteiger partial charge < -0.3 is 23.7 Å². The Hall–Kier alpha value is -2.32. The third-order valence-corrected chi connectivity index (χ3v) is 12.9. The zero-order valence-electron chi connectivity index (χ0n) is 24.7. The van der Waals surface area contributed by atoms with Gasteiger partial charge in [0, 0.05) is 12.5 Å². The molecule has 5 atom stereocenters. The minimum Gasteiger partial charge on any atom is -0.411 e. The van der Waals surface area contributed by atoms with E-state index < -0.39 is 14.4 Å². The van der Waals surface area contributed by atoms with Gasteiger partial charge in [0.25, 0.3) is 0 Å². The zero-order valence-corrected chi connectivity index (χ0v) is 25.7. The molecule has 0 aromatic heterocycles. The van der Waals surface area contributed by atoms with E-state index in [1.807, 2.05) is 54.6 Å². The lowest BCUT2D eigenvalue weighted by Gasteiger charge is -2.49. The predicted molar refractivity (Wildman–Crippen MR) is 162 cm³/mol. The minimum atomic E-state index is -2.15. The normalized spacial score (nSPS) is 23.7. The maximum absolute atomic E-state index is 10.6. The molecule has 0 saturated heterocycles. The quantitative estimate of drug-likeness (QED) is 0.238. The van der Waals surface area contributed by atoms with E-state index in [1.165, 1.54) is 0 Å². The van der Waals surface area contributed by atoms with Gasteiger partial charge >= 0.3 is 0 Å². The molecule has 5 nitrogen and oxygen atoms in total. The van der Waals surface area contributed by atoms with Crippen LogP contribution >= 0.6 is 0 Å². The Morgan fingerprint density at radius 1 is 0.650 bits per heavy atom. The van der Waals surface area contributed by atoms with Crippen molar-refractivity contribution in [2.45, 2.75) is 89.6 Å². The van der Waals surface area contributed by atoms with Gasteiger partial charge in [-0.2, -0.15) is 0 Å². The predicted octanol–water partition coefficient (Wildman–Crippen LogP) is 7.15. The number of rotatable bonds is 12. The SMILES string of the molecule is CC(C)(C)[Si](C)(C)O[C@@H]1CC(CO)[C@H](OCc2ccccc2)[C@H](OCc2ccccc2)C1OCc1ccccc1. The number of hydrogen-bond donors (Lipinski definition) is 1. The average molecular weight is 563 g/mol. The van der Waals surface area contributed by atoms with Crippen LogP contribution in [-0.4, -0.2) is 44.4 Å². The van der Waals surface area contributed by atoms with E-state index in [0.717, 1.165) is 16.7 Å². The lowest BCUT2D eigenvalue weighted by molar-refractivity contribution is -0.219. The van der Waals surface area contributed by atoms with Crippen molar-refractivity contribution in [3.8, 4) is 0 Å². The summed E-state index contributed by atoms with van der Waals surface area (Å²) in [6.45, 7) is 12.6. The fourth-order valence-electron chi connectivity index (χ4n) is 5.01. The summed E-state index contributed by atoms with van der Waals surface area (Å²) < 4.78 is 27.1. The maximum atomic E-state index is 10.6. The first-order valence-electron chi connectivity index (χ1n) is 14.4. The van der Waals surface area contributed by atoms with E-state index in [4.69, 9.17) is 18.6 Å². The summed E-state index contributed by atoms with van der Waals surface area (Å²) in [6, 6.07) is 30.5. The monoisotopic (exact) mass is 562 g/mol. The zero-order chi connectivity index (χ0) is 28.6. The van der Waals surface area contributed by atoms with Crippen LogP contribution < -0.4 is 0 Å². The first-order chi connectivity index (χ1) is 19.2. The Morgan fingerprint density at radius 3 is 1.45 bits per heavy atom. The van der Waals surface area contributed by atoms with Crippen molar-refractivity contribution in [3.05, 3.63) is 108 Å². The first-order valence-corrected chi connectivity index (χ1v) is 17.3. The van der Waals surface area contributed by atoms with E-state index in [9.17, 15) is 5.11 Å². The van der Waals surface area contributed by atoms with Gasteiger partial charge in [-0.1, -0.05) is 112 Å². The number of benzene rings is 3. The molecule has 0 aliphatic heterocycles. The lowest BCUT2D eigenvalue weighted by Crippen LogP contribution is -2.60. The standard InChI is InChI=1S/C34H46O5Si/c1-34(2,3)40(4,5)39-30-21-29(22-35)31(36-23-26-15-9-6-10-16-26)33(38-25-28-19-13-8-14-20-28)32(30)37-24-27-17-11-7-12-18-27/h6-20,29-33,35H,21-25H2,1-5H3/t29?,30-,31+,32?,33+/m1/s1. The van der Waals surface area contributed by atoms with Crippen molar-refractivity contribution in [1.82, 2.24) is 0 Å². The molecule has 4 rings (SSSR count). The average Bonchev–Trinajstić information content (AvgIpc) is 2.95. The van der Waals surface area contributed by atoms with Crippen molar-refractivity contribution in [2.24, 2.45) is 5.92 Å². The van der Waals surface area contributed by atoms with E-state index in [1.54, 1.807) is 0 Å². The summed E-state index contributed by atoms with van der Waals surface area (Å²) >= 11 is 0. The van der Waals surface area contributed by atoms with Crippen LogP contribution in [0.4, 0.5) is 0 Å². The van der Waals surface area contributed by atoms with Crippen molar-refractivity contribution in [1.29, 1.82) is 0 Å². The number of ether oxygens (including phenoxy) is 3. The van der Waals surface area contributed by atoms with E-state index in [2.05, 4.69) is 70.3 Å². The van der Waals surface area contributed by atoms with Gasteiger partial charge in [0.15, 0.2) is 8.32 Å². The lowest BCUT2D eigenvalue weighted by atomic mass is 9.80. The molecule has 6 heteroatoms. The number of hydrogen-bond acceptors (Lipinski definition) is 5. The van der Waals surface area contributed by atoms with Crippen LogP contribution in [0.3, 0.4) is 0 Å². The molecule has 2 unspecified atom stereocenters. The minimum absolute atomic E-state index is 0.00653. The molecule has 40 heavy (non-hydrogen) atoms. The topological polar surface area (TPSA) is 57.2 Å². The molecule has 0 radical (unpaired) electrons. The van der Waals surface area contributed by atoms with E-state index in [0.29, 0.717) is 26.2 Å². The van der Waals surface area contributed by atoms with Crippen LogP contribution in [0.25, 0.3) is 0 Å². The van der Waals surface area contributed by atoms with Gasteiger partial charge in [0.05, 0.1) is 32.0 Å². The summed E-state index contributed by atoms with van der Waals surface area (Å²) in [5.74, 6) is -0.143. The van der Waals surface area contributed by atoms with Gasteiger partial charge in [-0.25, -0.2) is 0 Å². The molecule has 1 fully saturated rings. The number of aliphatic hydroxyl groups excluding tert-OH is 1. The Balaban J connectivity index is 1.66. The molecule has 1 saturated carbocycles. The van der Waals surface area contributed by atoms with Crippen molar-refractivity contribution < 1.29 is 23.7 Å². The molecule has 0 amide bonds. The Kier molecular flexibility index (Phi) is 10.7. The van der Waals surface area contributed by atoms with Crippen LogP contribution in [0.5, 0.6) is 0 Å². The van der Waals surface area contributed by atoms with Crippen LogP contribution in [0.2, 0.25) is 18.1 Å². The van der Waals surface area contributed by atoms with Crippen LogP contribution in [0, 0.1) is 5.92 Å². The Labute approximate surface area is 241 Å². The first kappa shape index (κ1) is 30.6. The van der Waals surface area contributed by atoms with Crippen molar-refractivity contribution in [3.63, 3.8) is 0 Å². The molecular weight excluding hydrogens is 516 g/mol. The molecule has 0 bridgehead atoms. The molecule has 216 valence electrons. The Morgan fingerprint density at radius 2 is 1.05 bits per heavy atom. The largest absolute Gasteiger partial charge is 0.411 e. The smallest absolute Gasteiger partial charge is 0.192 e. The summed E-state index contributed by atoms with van der Waals surface area (Å²) in [4.78, 5) is 0. The van der Waals surface area contributed by atoms with E-state index in [-0.39, 0.29) is 35.9 Å². The summed E-state index contributed by atoms with van der Waals surface area (Å²) in [7, 11) is -2.15. The second-order valence-corrected chi connectivity index (χ2v) is 17.1. The highest BCUT2D eigenvalue weighted by atomic mass is 28.4. The van der Waals surface area contributed by atoms with Gasteiger partial charge in [-0.3, -0.25) is 0 Å². The van der Waals surface area contributed by atoms with Crippen LogP contribution in [0.1, 0.15) is 43.9 Å². The molecule has 3 aromatic carbocycles. The highest BCUT2D eigenvalue weighted by Gasteiger charge is 2.50. The third-order valence-electron chi connectivity index (χ3n) is 8.36. The molecule has 3 aromatic rings. The molecule has 1 N–H and O–H groups in total. The van der Waals surface area contributed by atoms with Crippen molar-refractivity contribution >= 4 is 8.32 Å². The van der Waals surface area contributed by atoms with Gasteiger partial charge in [0.1, 0.15) is 12.2 Å². The molecule has 1 aliphatic rings. The molecule has 0 spiro atoms. The van der Waals surface area contributed by atoms with Gasteiger partial charge in [-0.05, 0) is 41.2 Å². The third kappa shape index (κ3) is 8.12. The second kappa shape index (κ2) is 14.0. The maximum Gasteiger partial charge on any atom is 0.192 e. The summed E-state index contributed by atoms with van der Waals surface area (Å²) in [6.07, 6.45) is -0.712. The Bertz CT molecular complexity index is 1130.